The van der Waals surface area contributed by atoms with Gasteiger partial charge in [0.1, 0.15) is 0 Å². The highest BCUT2D eigenvalue weighted by atomic mass is 32.2. The highest BCUT2D eigenvalue weighted by Crippen LogP contribution is 2.69. The van der Waals surface area contributed by atoms with Gasteiger partial charge in [-0.2, -0.15) is 4.98 Å². The number of benzene rings is 1. The summed E-state index contributed by atoms with van der Waals surface area (Å²) in [6, 6.07) is 6.78. The van der Waals surface area contributed by atoms with Gasteiger partial charge in [-0.3, -0.25) is 0 Å². The largest absolute Gasteiger partial charge is 0.339 e. The lowest BCUT2D eigenvalue weighted by atomic mass is 9.85. The van der Waals surface area contributed by atoms with Gasteiger partial charge in [0.05, 0.1) is 10.8 Å². The van der Waals surface area contributed by atoms with Crippen molar-refractivity contribution in [3.05, 3.63) is 41.5 Å². The summed E-state index contributed by atoms with van der Waals surface area (Å²) in [6.45, 7) is 4.34. The van der Waals surface area contributed by atoms with E-state index in [1.54, 1.807) is 12.1 Å². The minimum Gasteiger partial charge on any atom is -0.339 e. The highest BCUT2D eigenvalue weighted by Gasteiger charge is 2.62. The molecule has 1 aromatic heterocycles. The molecular formula is C17H21N3O3S. The van der Waals surface area contributed by atoms with Crippen LogP contribution in [0.3, 0.4) is 0 Å². The van der Waals surface area contributed by atoms with Crippen molar-refractivity contribution in [2.75, 3.05) is 0 Å². The lowest BCUT2D eigenvalue weighted by molar-refractivity contribution is 0.342. The van der Waals surface area contributed by atoms with E-state index in [1.165, 1.54) is 6.42 Å². The number of primary sulfonamides is 1. The lowest BCUT2D eigenvalue weighted by Crippen LogP contribution is -2.11. The van der Waals surface area contributed by atoms with Crippen LogP contribution in [0.5, 0.6) is 0 Å². The molecule has 1 heterocycles. The fourth-order valence-electron chi connectivity index (χ4n) is 3.79. The Morgan fingerprint density at radius 2 is 1.83 bits per heavy atom. The zero-order valence-corrected chi connectivity index (χ0v) is 14.6. The minimum atomic E-state index is -3.66. The summed E-state index contributed by atoms with van der Waals surface area (Å²) in [7, 11) is -3.66. The third-order valence-electron chi connectivity index (χ3n) is 5.59. The second-order valence-corrected chi connectivity index (χ2v) is 9.07. The first-order chi connectivity index (χ1) is 11.3. The fraction of sp³-hybridized carbons (Fsp3) is 0.529. The summed E-state index contributed by atoms with van der Waals surface area (Å²) < 4.78 is 28.3. The minimum absolute atomic E-state index is 0.00647. The van der Waals surface area contributed by atoms with Gasteiger partial charge in [-0.05, 0) is 36.0 Å². The molecule has 7 heteroatoms. The summed E-state index contributed by atoms with van der Waals surface area (Å²) in [5.41, 5.74) is 1.08. The maximum atomic E-state index is 11.4. The first kappa shape index (κ1) is 15.8. The van der Waals surface area contributed by atoms with Crippen LogP contribution in [-0.2, 0) is 10.0 Å². The molecule has 0 bridgehead atoms. The van der Waals surface area contributed by atoms with Gasteiger partial charge in [-0.1, -0.05) is 37.6 Å². The van der Waals surface area contributed by atoms with E-state index in [-0.39, 0.29) is 22.1 Å². The van der Waals surface area contributed by atoms with E-state index in [1.807, 2.05) is 12.1 Å². The summed E-state index contributed by atoms with van der Waals surface area (Å²) >= 11 is 0. The predicted octanol–water partition coefficient (Wildman–Crippen LogP) is 2.89. The van der Waals surface area contributed by atoms with Crippen LogP contribution in [0.25, 0.3) is 0 Å². The van der Waals surface area contributed by atoms with Crippen LogP contribution >= 0.6 is 0 Å². The number of aromatic nitrogens is 2. The van der Waals surface area contributed by atoms with Gasteiger partial charge in [0, 0.05) is 11.8 Å². The zero-order chi connectivity index (χ0) is 17.1. The maximum absolute atomic E-state index is 11.4. The molecule has 0 radical (unpaired) electrons. The van der Waals surface area contributed by atoms with E-state index in [0.29, 0.717) is 11.8 Å². The third-order valence-corrected chi connectivity index (χ3v) is 6.52. The van der Waals surface area contributed by atoms with Crippen molar-refractivity contribution >= 4 is 10.0 Å². The second-order valence-electron chi connectivity index (χ2n) is 7.51. The second kappa shape index (κ2) is 5.13. The van der Waals surface area contributed by atoms with Gasteiger partial charge in [-0.25, -0.2) is 13.6 Å². The molecule has 4 rings (SSSR count). The Bertz CT molecular complexity index is 867. The lowest BCUT2D eigenvalue weighted by Gasteiger charge is -2.20. The molecule has 0 saturated heterocycles. The summed E-state index contributed by atoms with van der Waals surface area (Å²) in [5.74, 6) is 2.39. The quantitative estimate of drug-likeness (QED) is 0.917. The van der Waals surface area contributed by atoms with E-state index in [0.717, 1.165) is 24.2 Å². The van der Waals surface area contributed by atoms with Crippen molar-refractivity contribution in [2.45, 2.75) is 55.8 Å². The summed E-state index contributed by atoms with van der Waals surface area (Å²) in [5, 5.41) is 9.32. The highest BCUT2D eigenvalue weighted by molar-refractivity contribution is 7.89. The number of rotatable bonds is 4. The van der Waals surface area contributed by atoms with Gasteiger partial charge < -0.3 is 4.52 Å². The average Bonchev–Trinajstić information content (AvgIpc) is 2.79. The Hall–Kier alpha value is -1.73. The van der Waals surface area contributed by atoms with Gasteiger partial charge >= 0.3 is 0 Å². The third kappa shape index (κ3) is 2.46. The molecule has 2 saturated carbocycles. The number of nitrogens with two attached hydrogens (primary N) is 1. The molecule has 2 atom stereocenters. The van der Waals surface area contributed by atoms with Crippen LogP contribution in [0, 0.1) is 5.41 Å². The maximum Gasteiger partial charge on any atom is 0.238 e. The molecule has 1 aromatic carbocycles. The van der Waals surface area contributed by atoms with Crippen molar-refractivity contribution in [1.82, 2.24) is 10.1 Å². The number of nitrogens with zero attached hydrogens (tertiary/aromatic N) is 2. The summed E-state index contributed by atoms with van der Waals surface area (Å²) in [4.78, 5) is 4.76. The monoisotopic (exact) mass is 347 g/mol. The van der Waals surface area contributed by atoms with E-state index < -0.39 is 10.0 Å². The Kier molecular flexibility index (Phi) is 3.37. The SMILES string of the molecule is CC1(C)[C@@H](c2ccc(S(N)(=O)=O)cc2)[C@@H]1c1nc(C2CCC2)no1. The van der Waals surface area contributed by atoms with Gasteiger partial charge in [0.25, 0.3) is 0 Å². The molecule has 2 aliphatic carbocycles. The van der Waals surface area contributed by atoms with Crippen molar-refractivity contribution in [3.63, 3.8) is 0 Å². The molecule has 0 spiro atoms. The van der Waals surface area contributed by atoms with Crippen LogP contribution in [-0.4, -0.2) is 18.6 Å². The smallest absolute Gasteiger partial charge is 0.238 e. The van der Waals surface area contributed by atoms with E-state index in [9.17, 15) is 8.42 Å². The number of hydrogen-bond acceptors (Lipinski definition) is 5. The first-order valence-corrected chi connectivity index (χ1v) is 9.79. The molecule has 128 valence electrons. The first-order valence-electron chi connectivity index (χ1n) is 8.25. The molecule has 2 aliphatic rings. The predicted molar refractivity (Wildman–Crippen MR) is 88.0 cm³/mol. The average molecular weight is 347 g/mol. The molecule has 2 fully saturated rings. The Morgan fingerprint density at radius 1 is 1.17 bits per heavy atom. The van der Waals surface area contributed by atoms with Crippen LogP contribution in [0.15, 0.2) is 33.7 Å². The van der Waals surface area contributed by atoms with Gasteiger partial charge in [0.2, 0.25) is 15.9 Å². The normalized spacial score (nSPS) is 26.1. The Balaban J connectivity index is 1.58. The van der Waals surface area contributed by atoms with Crippen molar-refractivity contribution < 1.29 is 12.9 Å². The fourth-order valence-corrected chi connectivity index (χ4v) is 4.31. The molecule has 6 nitrogen and oxygen atoms in total. The molecular weight excluding hydrogens is 326 g/mol. The van der Waals surface area contributed by atoms with Crippen LogP contribution in [0.4, 0.5) is 0 Å². The molecule has 0 unspecified atom stereocenters. The number of sulfonamides is 1. The molecule has 24 heavy (non-hydrogen) atoms. The van der Waals surface area contributed by atoms with E-state index in [4.69, 9.17) is 9.66 Å². The van der Waals surface area contributed by atoms with Crippen molar-refractivity contribution in [2.24, 2.45) is 10.6 Å². The molecule has 2 N–H and O–H groups in total. The topological polar surface area (TPSA) is 99.1 Å². The van der Waals surface area contributed by atoms with Crippen LogP contribution < -0.4 is 5.14 Å². The van der Waals surface area contributed by atoms with E-state index >= 15 is 0 Å². The molecule has 0 amide bonds. The Labute approximate surface area is 141 Å². The van der Waals surface area contributed by atoms with E-state index in [2.05, 4.69) is 24.0 Å². The number of hydrogen-bond donors (Lipinski definition) is 1. The molecule has 2 aromatic rings. The standard InChI is InChI=1S/C17H21N3O3S/c1-17(2)13(10-6-8-12(9-7-10)24(18,21)22)14(17)16-19-15(20-23-16)11-4-3-5-11/h6-9,11,13-14H,3-5H2,1-2H3,(H2,18,21,22)/t13-,14+/m0/s1. The van der Waals surface area contributed by atoms with Gasteiger partial charge in [-0.15, -0.1) is 0 Å². The molecule has 0 aliphatic heterocycles. The summed E-state index contributed by atoms with van der Waals surface area (Å²) in [6.07, 6.45) is 3.53. The van der Waals surface area contributed by atoms with Crippen LogP contribution in [0.1, 0.15) is 68.1 Å². The Morgan fingerprint density at radius 3 is 2.38 bits per heavy atom. The van der Waals surface area contributed by atoms with Crippen LogP contribution in [0.2, 0.25) is 0 Å². The zero-order valence-electron chi connectivity index (χ0n) is 13.8. The van der Waals surface area contributed by atoms with Crippen molar-refractivity contribution in [1.29, 1.82) is 0 Å². The van der Waals surface area contributed by atoms with Gasteiger partial charge in [0.15, 0.2) is 5.82 Å². The van der Waals surface area contributed by atoms with Crippen molar-refractivity contribution in [3.8, 4) is 0 Å².